The smallest absolute Gasteiger partial charge is 0.0598 e. The molecule has 0 aromatic heterocycles. The summed E-state index contributed by atoms with van der Waals surface area (Å²) in [6.07, 6.45) is 16.0. The summed E-state index contributed by atoms with van der Waals surface area (Å²) in [5, 5.41) is 8.03. The third-order valence-corrected chi connectivity index (χ3v) is 3.38. The number of nitrogens with zero attached hydrogens (tertiary/aromatic N) is 1. The van der Waals surface area contributed by atoms with Crippen molar-refractivity contribution in [3.8, 4) is 0 Å². The van der Waals surface area contributed by atoms with Gasteiger partial charge in [-0.1, -0.05) is 30.4 Å². The van der Waals surface area contributed by atoms with Crippen molar-refractivity contribution in [2.24, 2.45) is 5.92 Å². The SMILES string of the molecule is N=C1CN2C=CC=CC2C2CC=CC=C12. The quantitative estimate of drug-likeness (QED) is 0.635. The van der Waals surface area contributed by atoms with Crippen LogP contribution in [0, 0.1) is 11.3 Å². The molecule has 1 N–H and O–H groups in total. The van der Waals surface area contributed by atoms with Crippen LogP contribution in [0.2, 0.25) is 0 Å². The van der Waals surface area contributed by atoms with E-state index in [0.29, 0.717) is 12.0 Å². The topological polar surface area (TPSA) is 27.1 Å². The second-order valence-electron chi connectivity index (χ2n) is 4.26. The lowest BCUT2D eigenvalue weighted by molar-refractivity contribution is 0.273. The van der Waals surface area contributed by atoms with Gasteiger partial charge in [0.25, 0.3) is 0 Å². The van der Waals surface area contributed by atoms with Crippen molar-refractivity contribution >= 4 is 5.71 Å². The van der Waals surface area contributed by atoms with E-state index in [1.54, 1.807) is 0 Å². The van der Waals surface area contributed by atoms with Gasteiger partial charge in [0.15, 0.2) is 0 Å². The van der Waals surface area contributed by atoms with Crippen molar-refractivity contribution in [2.45, 2.75) is 12.5 Å². The van der Waals surface area contributed by atoms with Gasteiger partial charge in [-0.25, -0.2) is 0 Å². The summed E-state index contributed by atoms with van der Waals surface area (Å²) in [7, 11) is 0. The molecule has 0 aromatic carbocycles. The lowest BCUT2D eigenvalue weighted by Gasteiger charge is -2.42. The standard InChI is InChI=1S/C13H14N2/c14-12-9-15-8-4-3-7-13(15)11-6-2-1-5-10(11)12/h1-5,7-8,11,13-14H,6,9H2. The van der Waals surface area contributed by atoms with Crippen LogP contribution in [0.4, 0.5) is 0 Å². The van der Waals surface area contributed by atoms with Crippen LogP contribution in [0.15, 0.2) is 48.2 Å². The number of rotatable bonds is 0. The van der Waals surface area contributed by atoms with Crippen LogP contribution in [-0.4, -0.2) is 23.2 Å². The van der Waals surface area contributed by atoms with Crippen molar-refractivity contribution in [3.05, 3.63) is 48.2 Å². The van der Waals surface area contributed by atoms with E-state index < -0.39 is 0 Å². The second kappa shape index (κ2) is 3.23. The Labute approximate surface area is 89.8 Å². The van der Waals surface area contributed by atoms with E-state index in [1.807, 2.05) is 0 Å². The number of nitrogens with one attached hydrogen (secondary N) is 1. The van der Waals surface area contributed by atoms with E-state index in [1.165, 1.54) is 5.57 Å². The largest absolute Gasteiger partial charge is 0.365 e. The van der Waals surface area contributed by atoms with Gasteiger partial charge in [-0.2, -0.15) is 0 Å². The van der Waals surface area contributed by atoms with E-state index in [-0.39, 0.29) is 0 Å². The normalized spacial score (nSPS) is 32.4. The molecule has 2 nitrogen and oxygen atoms in total. The molecule has 1 saturated heterocycles. The summed E-state index contributed by atoms with van der Waals surface area (Å²) in [6.45, 7) is 0.752. The molecule has 2 heteroatoms. The highest BCUT2D eigenvalue weighted by molar-refractivity contribution is 6.01. The lowest BCUT2D eigenvalue weighted by atomic mass is 9.78. The van der Waals surface area contributed by atoms with E-state index in [9.17, 15) is 0 Å². The first-order chi connectivity index (χ1) is 7.36. The number of hydrogen-bond acceptors (Lipinski definition) is 2. The van der Waals surface area contributed by atoms with E-state index in [4.69, 9.17) is 5.41 Å². The van der Waals surface area contributed by atoms with Gasteiger partial charge in [0, 0.05) is 12.1 Å². The average molecular weight is 198 g/mol. The maximum atomic E-state index is 8.03. The first-order valence-corrected chi connectivity index (χ1v) is 5.41. The predicted octanol–water partition coefficient (Wildman–Crippen LogP) is 2.28. The molecule has 1 aliphatic carbocycles. The Morgan fingerprint density at radius 2 is 2.20 bits per heavy atom. The highest BCUT2D eigenvalue weighted by atomic mass is 15.2. The highest BCUT2D eigenvalue weighted by Crippen LogP contribution is 2.34. The molecule has 0 radical (unpaired) electrons. The molecule has 2 heterocycles. The molecule has 0 spiro atoms. The highest BCUT2D eigenvalue weighted by Gasteiger charge is 2.34. The molecule has 2 atom stereocenters. The zero-order valence-electron chi connectivity index (χ0n) is 8.56. The van der Waals surface area contributed by atoms with Crippen LogP contribution < -0.4 is 0 Å². The zero-order chi connectivity index (χ0) is 10.3. The molecule has 0 amide bonds. The Morgan fingerprint density at radius 3 is 3.13 bits per heavy atom. The molecule has 3 aliphatic rings. The third-order valence-electron chi connectivity index (χ3n) is 3.38. The first-order valence-electron chi connectivity index (χ1n) is 5.41. The van der Waals surface area contributed by atoms with Crippen LogP contribution >= 0.6 is 0 Å². The fourth-order valence-corrected chi connectivity index (χ4v) is 2.64. The number of hydrogen-bond donors (Lipinski definition) is 1. The van der Waals surface area contributed by atoms with Gasteiger partial charge in [-0.15, -0.1) is 0 Å². The fraction of sp³-hybridized carbons (Fsp3) is 0.308. The minimum atomic E-state index is 0.459. The summed E-state index contributed by atoms with van der Waals surface area (Å²) < 4.78 is 0. The molecule has 0 aromatic rings. The van der Waals surface area contributed by atoms with Gasteiger partial charge in [-0.05, 0) is 18.1 Å². The first kappa shape index (κ1) is 8.72. The Bertz CT molecular complexity index is 412. The van der Waals surface area contributed by atoms with Crippen LogP contribution in [-0.2, 0) is 0 Å². The summed E-state index contributed by atoms with van der Waals surface area (Å²) >= 11 is 0. The number of piperidine rings is 1. The molecule has 0 bridgehead atoms. The maximum Gasteiger partial charge on any atom is 0.0598 e. The molecule has 76 valence electrons. The summed E-state index contributed by atoms with van der Waals surface area (Å²) in [6, 6.07) is 0.459. The van der Waals surface area contributed by atoms with Crippen LogP contribution in [0.1, 0.15) is 6.42 Å². The Balaban J connectivity index is 1.99. The van der Waals surface area contributed by atoms with Crippen molar-refractivity contribution in [3.63, 3.8) is 0 Å². The minimum Gasteiger partial charge on any atom is -0.365 e. The van der Waals surface area contributed by atoms with Gasteiger partial charge in [0.05, 0.1) is 18.3 Å². The number of fused-ring (bicyclic) bond motifs is 3. The number of allylic oxidation sites excluding steroid dienone is 5. The Hall–Kier alpha value is -1.57. The van der Waals surface area contributed by atoms with Gasteiger partial charge in [0.2, 0.25) is 0 Å². The molecule has 2 aliphatic heterocycles. The van der Waals surface area contributed by atoms with Gasteiger partial charge < -0.3 is 10.3 Å². The van der Waals surface area contributed by atoms with Gasteiger partial charge >= 0.3 is 0 Å². The average Bonchev–Trinajstić information content (AvgIpc) is 2.30. The van der Waals surface area contributed by atoms with E-state index in [0.717, 1.165) is 18.7 Å². The third kappa shape index (κ3) is 1.29. The van der Waals surface area contributed by atoms with Crippen molar-refractivity contribution in [1.29, 1.82) is 5.41 Å². The molecular weight excluding hydrogens is 184 g/mol. The van der Waals surface area contributed by atoms with Crippen LogP contribution in [0.3, 0.4) is 0 Å². The van der Waals surface area contributed by atoms with E-state index >= 15 is 0 Å². The predicted molar refractivity (Wildman–Crippen MR) is 61.8 cm³/mol. The van der Waals surface area contributed by atoms with Crippen molar-refractivity contribution in [2.75, 3.05) is 6.54 Å². The second-order valence-corrected chi connectivity index (χ2v) is 4.26. The minimum absolute atomic E-state index is 0.459. The summed E-state index contributed by atoms with van der Waals surface area (Å²) in [5.41, 5.74) is 2.01. The maximum absolute atomic E-state index is 8.03. The Morgan fingerprint density at radius 1 is 1.27 bits per heavy atom. The van der Waals surface area contributed by atoms with Gasteiger partial charge in [-0.3, -0.25) is 0 Å². The lowest BCUT2D eigenvalue weighted by Crippen LogP contribution is -2.47. The van der Waals surface area contributed by atoms with Crippen molar-refractivity contribution in [1.82, 2.24) is 4.90 Å². The molecule has 1 fully saturated rings. The molecular formula is C13H14N2. The van der Waals surface area contributed by atoms with Crippen LogP contribution in [0.5, 0.6) is 0 Å². The molecule has 0 saturated carbocycles. The van der Waals surface area contributed by atoms with Crippen LogP contribution in [0.25, 0.3) is 0 Å². The van der Waals surface area contributed by atoms with Gasteiger partial charge in [0.1, 0.15) is 0 Å². The van der Waals surface area contributed by atoms with Crippen molar-refractivity contribution < 1.29 is 0 Å². The summed E-state index contributed by atoms with van der Waals surface area (Å²) in [4.78, 5) is 2.27. The zero-order valence-corrected chi connectivity index (χ0v) is 8.56. The van der Waals surface area contributed by atoms with E-state index in [2.05, 4.69) is 47.6 Å². The molecule has 2 unspecified atom stereocenters. The fourth-order valence-electron chi connectivity index (χ4n) is 2.64. The Kier molecular flexibility index (Phi) is 1.88. The monoisotopic (exact) mass is 198 g/mol. The summed E-state index contributed by atoms with van der Waals surface area (Å²) in [5.74, 6) is 0.484. The molecule has 3 rings (SSSR count). The molecule has 15 heavy (non-hydrogen) atoms.